The van der Waals surface area contributed by atoms with Crippen LogP contribution in [0.3, 0.4) is 0 Å². The van der Waals surface area contributed by atoms with Crippen molar-refractivity contribution < 1.29 is 27.8 Å². The predicted octanol–water partition coefficient (Wildman–Crippen LogP) is 5.06. The van der Waals surface area contributed by atoms with Crippen molar-refractivity contribution >= 4 is 11.8 Å². The maximum Gasteiger partial charge on any atom is 0.255 e. The molecule has 2 amide bonds. The second-order valence-corrected chi connectivity index (χ2v) is 9.48. The largest absolute Gasteiger partial charge is 0.454 e. The van der Waals surface area contributed by atoms with Crippen molar-refractivity contribution in [3.05, 3.63) is 101 Å². The number of hydrogen-bond donors (Lipinski definition) is 0. The Bertz CT molecular complexity index is 1580. The third-order valence-corrected chi connectivity index (χ3v) is 7.17. The minimum atomic E-state index is -0.722. The predicted molar refractivity (Wildman–Crippen MR) is 140 cm³/mol. The normalized spacial score (nSPS) is 14.5. The van der Waals surface area contributed by atoms with Crippen LogP contribution in [-0.4, -0.2) is 59.2 Å². The van der Waals surface area contributed by atoms with Crippen LogP contribution in [0.4, 0.5) is 8.78 Å². The van der Waals surface area contributed by atoms with Crippen molar-refractivity contribution in [2.45, 2.75) is 6.92 Å². The lowest BCUT2D eigenvalue weighted by molar-refractivity contribution is 0.0535. The molecule has 9 heteroatoms. The SMILES string of the molecule is Cc1c(C(=O)N2CCN(C(=O)c3ccc4c(c3)OCO4)CC2)cc(-c2ccccc2)n1-c1ccc(F)cc1F. The molecular formula is C30H25F2N3O4. The molecule has 6 rings (SSSR count). The van der Waals surface area contributed by atoms with Gasteiger partial charge in [0.25, 0.3) is 11.8 Å². The number of halogens is 2. The minimum absolute atomic E-state index is 0.134. The van der Waals surface area contributed by atoms with Gasteiger partial charge >= 0.3 is 0 Å². The van der Waals surface area contributed by atoms with Gasteiger partial charge in [-0.25, -0.2) is 8.78 Å². The van der Waals surface area contributed by atoms with E-state index in [0.717, 1.165) is 11.6 Å². The minimum Gasteiger partial charge on any atom is -0.454 e. The van der Waals surface area contributed by atoms with Crippen molar-refractivity contribution in [2.75, 3.05) is 33.0 Å². The number of hydrogen-bond acceptors (Lipinski definition) is 4. The molecule has 3 heterocycles. The fourth-order valence-corrected chi connectivity index (χ4v) is 5.11. The fourth-order valence-electron chi connectivity index (χ4n) is 5.11. The summed E-state index contributed by atoms with van der Waals surface area (Å²) in [6, 6.07) is 19.6. The van der Waals surface area contributed by atoms with Crippen LogP contribution in [0.2, 0.25) is 0 Å². The molecule has 0 saturated carbocycles. The summed E-state index contributed by atoms with van der Waals surface area (Å²) >= 11 is 0. The van der Waals surface area contributed by atoms with E-state index in [1.54, 1.807) is 45.6 Å². The molecular weight excluding hydrogens is 504 g/mol. The third kappa shape index (κ3) is 4.50. The maximum absolute atomic E-state index is 14.9. The van der Waals surface area contributed by atoms with Gasteiger partial charge in [0.05, 0.1) is 16.9 Å². The van der Waals surface area contributed by atoms with Gasteiger partial charge in [0.15, 0.2) is 11.5 Å². The average molecular weight is 530 g/mol. The number of ether oxygens (including phenoxy) is 2. The van der Waals surface area contributed by atoms with Crippen LogP contribution in [-0.2, 0) is 0 Å². The monoisotopic (exact) mass is 529 g/mol. The topological polar surface area (TPSA) is 64.0 Å². The molecule has 2 aliphatic rings. The number of benzene rings is 3. The van der Waals surface area contributed by atoms with Gasteiger partial charge in [0.1, 0.15) is 11.6 Å². The molecule has 39 heavy (non-hydrogen) atoms. The van der Waals surface area contributed by atoms with Gasteiger partial charge in [-0.1, -0.05) is 30.3 Å². The van der Waals surface area contributed by atoms with Gasteiger partial charge in [0, 0.05) is 43.5 Å². The van der Waals surface area contributed by atoms with Crippen LogP contribution < -0.4 is 9.47 Å². The zero-order chi connectivity index (χ0) is 27.1. The first kappa shape index (κ1) is 24.7. The fraction of sp³-hybridized carbons (Fsp3) is 0.200. The summed E-state index contributed by atoms with van der Waals surface area (Å²) in [5, 5.41) is 0. The van der Waals surface area contributed by atoms with E-state index in [1.807, 2.05) is 30.3 Å². The molecule has 0 bridgehead atoms. The van der Waals surface area contributed by atoms with Gasteiger partial charge in [-0.15, -0.1) is 0 Å². The van der Waals surface area contributed by atoms with Crippen LogP contribution in [0.25, 0.3) is 16.9 Å². The lowest BCUT2D eigenvalue weighted by atomic mass is 10.1. The lowest BCUT2D eigenvalue weighted by Gasteiger charge is -2.35. The summed E-state index contributed by atoms with van der Waals surface area (Å²) in [4.78, 5) is 30.2. The van der Waals surface area contributed by atoms with Crippen LogP contribution in [0, 0.1) is 18.6 Å². The second-order valence-electron chi connectivity index (χ2n) is 9.48. The Morgan fingerprint density at radius 2 is 1.46 bits per heavy atom. The van der Waals surface area contributed by atoms with Crippen molar-refractivity contribution in [3.63, 3.8) is 0 Å². The highest BCUT2D eigenvalue weighted by atomic mass is 19.1. The molecule has 0 spiro atoms. The lowest BCUT2D eigenvalue weighted by Crippen LogP contribution is -2.50. The van der Waals surface area contributed by atoms with Gasteiger partial charge in [-0.2, -0.15) is 0 Å². The molecule has 7 nitrogen and oxygen atoms in total. The van der Waals surface area contributed by atoms with Crippen LogP contribution >= 0.6 is 0 Å². The molecule has 2 aliphatic heterocycles. The molecule has 1 fully saturated rings. The highest BCUT2D eigenvalue weighted by Crippen LogP contribution is 2.34. The van der Waals surface area contributed by atoms with Crippen LogP contribution in [0.1, 0.15) is 26.4 Å². The van der Waals surface area contributed by atoms with Crippen molar-refractivity contribution in [3.8, 4) is 28.4 Å². The Labute approximate surface area is 223 Å². The molecule has 0 N–H and O–H groups in total. The van der Waals surface area contributed by atoms with E-state index >= 15 is 0 Å². The number of piperazine rings is 1. The Balaban J connectivity index is 1.25. The van der Waals surface area contributed by atoms with Crippen LogP contribution in [0.15, 0.2) is 72.8 Å². The summed E-state index contributed by atoms with van der Waals surface area (Å²) in [5.74, 6) is -0.588. The Morgan fingerprint density at radius 3 is 2.18 bits per heavy atom. The van der Waals surface area contributed by atoms with E-state index in [2.05, 4.69) is 0 Å². The number of nitrogens with zero attached hydrogens (tertiary/aromatic N) is 3. The van der Waals surface area contributed by atoms with E-state index in [9.17, 15) is 18.4 Å². The molecule has 4 aromatic rings. The van der Waals surface area contributed by atoms with E-state index < -0.39 is 11.6 Å². The number of carbonyl (C=O) groups excluding carboxylic acids is 2. The maximum atomic E-state index is 14.9. The molecule has 0 atom stereocenters. The molecule has 198 valence electrons. The highest BCUT2D eigenvalue weighted by Gasteiger charge is 2.29. The van der Waals surface area contributed by atoms with Crippen molar-refractivity contribution in [2.24, 2.45) is 0 Å². The van der Waals surface area contributed by atoms with Gasteiger partial charge < -0.3 is 23.8 Å². The number of carbonyl (C=O) groups is 2. The van der Waals surface area contributed by atoms with E-state index in [4.69, 9.17) is 9.47 Å². The van der Waals surface area contributed by atoms with Crippen molar-refractivity contribution in [1.82, 2.24) is 14.4 Å². The molecule has 1 saturated heterocycles. The Hall–Kier alpha value is -4.66. The molecule has 3 aromatic carbocycles. The average Bonchev–Trinajstić information content (AvgIpc) is 3.57. The first-order valence-electron chi connectivity index (χ1n) is 12.6. The first-order valence-corrected chi connectivity index (χ1v) is 12.6. The number of fused-ring (bicyclic) bond motifs is 1. The molecule has 0 radical (unpaired) electrons. The standard InChI is InChI=1S/C30H25F2N3O4/c1-19-23(17-26(20-5-3-2-4-6-20)35(19)25-9-8-22(31)16-24(25)32)30(37)34-13-11-33(12-14-34)29(36)21-7-10-27-28(15-21)39-18-38-27/h2-10,15-17H,11-14,18H2,1H3. The van der Waals surface area contributed by atoms with E-state index in [1.165, 1.54) is 12.1 Å². The van der Waals surface area contributed by atoms with Gasteiger partial charge in [0.2, 0.25) is 6.79 Å². The summed E-state index contributed by atoms with van der Waals surface area (Å²) in [6.07, 6.45) is 0. The summed E-state index contributed by atoms with van der Waals surface area (Å²) in [5.41, 5.74) is 3.05. The highest BCUT2D eigenvalue weighted by molar-refractivity contribution is 5.98. The first-order chi connectivity index (χ1) is 18.9. The Kier molecular flexibility index (Phi) is 6.26. The zero-order valence-corrected chi connectivity index (χ0v) is 21.2. The Morgan fingerprint density at radius 1 is 0.769 bits per heavy atom. The number of rotatable bonds is 4. The number of amides is 2. The third-order valence-electron chi connectivity index (χ3n) is 7.17. The summed E-state index contributed by atoms with van der Waals surface area (Å²) in [7, 11) is 0. The number of aromatic nitrogens is 1. The molecule has 0 aliphatic carbocycles. The summed E-state index contributed by atoms with van der Waals surface area (Å²) in [6.45, 7) is 3.33. The van der Waals surface area contributed by atoms with Crippen LogP contribution in [0.5, 0.6) is 11.5 Å². The summed E-state index contributed by atoms with van der Waals surface area (Å²) < 4.78 is 40.9. The zero-order valence-electron chi connectivity index (χ0n) is 21.2. The van der Waals surface area contributed by atoms with E-state index in [0.29, 0.717) is 60.2 Å². The molecule has 1 aromatic heterocycles. The van der Waals surface area contributed by atoms with Gasteiger partial charge in [-0.3, -0.25) is 9.59 Å². The smallest absolute Gasteiger partial charge is 0.255 e. The van der Waals surface area contributed by atoms with Crippen molar-refractivity contribution in [1.29, 1.82) is 0 Å². The van der Waals surface area contributed by atoms with Gasteiger partial charge in [-0.05, 0) is 48.9 Å². The van der Waals surface area contributed by atoms with E-state index in [-0.39, 0.29) is 24.3 Å². The second kappa shape index (κ2) is 9.90. The molecule has 0 unspecified atom stereocenters. The quantitative estimate of drug-likeness (QED) is 0.371.